The summed E-state index contributed by atoms with van der Waals surface area (Å²) in [5.41, 5.74) is 2.25. The zero-order valence-corrected chi connectivity index (χ0v) is 18.5. The molecule has 31 heavy (non-hydrogen) atoms. The number of nitrogens with zero attached hydrogens (tertiary/aromatic N) is 2. The number of carboxylic acid groups (broad SMARTS) is 1. The Kier molecular flexibility index (Phi) is 12.0. The number of carbonyl (C=O) groups is 1. The van der Waals surface area contributed by atoms with Crippen molar-refractivity contribution < 1.29 is 19.4 Å². The van der Waals surface area contributed by atoms with E-state index in [1.54, 1.807) is 12.4 Å². The van der Waals surface area contributed by atoms with Crippen LogP contribution in [0.3, 0.4) is 0 Å². The molecule has 0 fully saturated rings. The fourth-order valence-corrected chi connectivity index (χ4v) is 2.97. The smallest absolute Gasteiger partial charge is 0.303 e. The first-order valence-electron chi connectivity index (χ1n) is 11.2. The van der Waals surface area contributed by atoms with Gasteiger partial charge >= 0.3 is 5.97 Å². The van der Waals surface area contributed by atoms with Crippen LogP contribution in [0.1, 0.15) is 57.4 Å². The lowest BCUT2D eigenvalue weighted by molar-refractivity contribution is -0.136. The number of ether oxygens (including phenoxy) is 2. The van der Waals surface area contributed by atoms with E-state index in [1.807, 2.05) is 18.2 Å². The molecule has 1 heterocycles. The number of benzene rings is 1. The highest BCUT2D eigenvalue weighted by Crippen LogP contribution is 2.18. The number of unbranched alkanes of at least 4 members (excludes halogenated alkanes) is 2. The number of hydrogen-bond donors (Lipinski definition) is 1. The molecule has 1 N–H and O–H groups in total. The number of aromatic nitrogens is 2. The van der Waals surface area contributed by atoms with Crippen LogP contribution in [0.4, 0.5) is 0 Å². The number of hydrogen-bond acceptors (Lipinski definition) is 5. The van der Waals surface area contributed by atoms with Crippen molar-refractivity contribution >= 4 is 5.97 Å². The molecule has 0 unspecified atom stereocenters. The van der Waals surface area contributed by atoms with Gasteiger partial charge in [0.25, 0.3) is 0 Å². The van der Waals surface area contributed by atoms with E-state index in [1.165, 1.54) is 5.56 Å². The minimum absolute atomic E-state index is 0.196. The predicted molar refractivity (Wildman–Crippen MR) is 122 cm³/mol. The van der Waals surface area contributed by atoms with E-state index in [2.05, 4.69) is 35.1 Å². The largest absolute Gasteiger partial charge is 0.490 e. The van der Waals surface area contributed by atoms with Crippen LogP contribution in [0.5, 0.6) is 5.75 Å². The molecular weight excluding hydrogens is 392 g/mol. The molecule has 0 amide bonds. The van der Waals surface area contributed by atoms with Gasteiger partial charge < -0.3 is 14.6 Å². The van der Waals surface area contributed by atoms with Gasteiger partial charge in [0, 0.05) is 25.2 Å². The van der Waals surface area contributed by atoms with Crippen LogP contribution in [0.2, 0.25) is 0 Å². The van der Waals surface area contributed by atoms with Gasteiger partial charge in [-0.3, -0.25) is 4.79 Å². The van der Waals surface area contributed by atoms with Gasteiger partial charge in [-0.2, -0.15) is 0 Å². The van der Waals surface area contributed by atoms with Crippen LogP contribution < -0.4 is 4.74 Å². The van der Waals surface area contributed by atoms with E-state index in [0.29, 0.717) is 24.6 Å². The van der Waals surface area contributed by atoms with Crippen molar-refractivity contribution in [3.8, 4) is 17.1 Å². The molecule has 0 saturated heterocycles. The highest BCUT2D eigenvalue weighted by atomic mass is 16.5. The first-order valence-corrected chi connectivity index (χ1v) is 11.2. The van der Waals surface area contributed by atoms with Crippen molar-refractivity contribution in [3.63, 3.8) is 0 Å². The minimum Gasteiger partial charge on any atom is -0.490 e. The molecule has 1 aromatic heterocycles. The molecule has 168 valence electrons. The average Bonchev–Trinajstić information content (AvgIpc) is 2.78. The van der Waals surface area contributed by atoms with Crippen LogP contribution in [0.15, 0.2) is 48.8 Å². The molecule has 0 aliphatic carbocycles. The summed E-state index contributed by atoms with van der Waals surface area (Å²) in [5, 5.41) is 8.60. The van der Waals surface area contributed by atoms with Crippen LogP contribution in [-0.4, -0.2) is 40.9 Å². The standard InChI is InChI=1S/C25H34N2O4/c1-2-16-30-17-8-9-18-31-23-19-26-25(27-20-23)22-14-12-21(13-15-22)10-6-4-3-5-7-11-24(28)29/h3,5,12-15,19-20H,2,4,6-11,16-18H2,1H3,(H,28,29)/b5-3+. The molecule has 2 aromatic rings. The van der Waals surface area contributed by atoms with E-state index in [9.17, 15) is 4.79 Å². The fraction of sp³-hybridized carbons (Fsp3) is 0.480. The summed E-state index contributed by atoms with van der Waals surface area (Å²) in [5.74, 6) is 0.624. The van der Waals surface area contributed by atoms with Crippen LogP contribution >= 0.6 is 0 Å². The van der Waals surface area contributed by atoms with Crippen molar-refractivity contribution in [1.29, 1.82) is 0 Å². The molecule has 0 bridgehead atoms. The van der Waals surface area contributed by atoms with E-state index in [0.717, 1.165) is 57.3 Å². The lowest BCUT2D eigenvalue weighted by atomic mass is 10.1. The Morgan fingerprint density at radius 1 is 0.968 bits per heavy atom. The second kappa shape index (κ2) is 15.1. The Morgan fingerprint density at radius 3 is 2.39 bits per heavy atom. The highest BCUT2D eigenvalue weighted by molar-refractivity contribution is 5.66. The molecule has 1 aromatic carbocycles. The quantitative estimate of drug-likeness (QED) is 0.283. The Bertz CT molecular complexity index is 773. The van der Waals surface area contributed by atoms with Crippen molar-refractivity contribution in [2.75, 3.05) is 19.8 Å². The Labute approximate surface area is 185 Å². The Balaban J connectivity index is 1.68. The number of aryl methyl sites for hydroxylation is 1. The molecule has 6 nitrogen and oxygen atoms in total. The molecule has 0 spiro atoms. The molecule has 2 rings (SSSR count). The number of aliphatic carboxylic acids is 1. The zero-order chi connectivity index (χ0) is 22.2. The first-order chi connectivity index (χ1) is 15.2. The normalized spacial score (nSPS) is 11.1. The molecule has 0 atom stereocenters. The van der Waals surface area contributed by atoms with E-state index in [4.69, 9.17) is 14.6 Å². The van der Waals surface area contributed by atoms with Gasteiger partial charge in [-0.25, -0.2) is 9.97 Å². The maximum Gasteiger partial charge on any atom is 0.303 e. The zero-order valence-electron chi connectivity index (χ0n) is 18.5. The second-order valence-corrected chi connectivity index (χ2v) is 7.40. The van der Waals surface area contributed by atoms with Crippen LogP contribution in [0.25, 0.3) is 11.4 Å². The third kappa shape index (κ3) is 10.7. The lowest BCUT2D eigenvalue weighted by Crippen LogP contribution is -2.02. The molecule has 0 saturated carbocycles. The predicted octanol–water partition coefficient (Wildman–Crippen LogP) is 5.47. The average molecular weight is 427 g/mol. The molecular formula is C25H34N2O4. The summed E-state index contributed by atoms with van der Waals surface area (Å²) >= 11 is 0. The third-order valence-electron chi connectivity index (χ3n) is 4.67. The first kappa shape index (κ1) is 24.5. The third-order valence-corrected chi connectivity index (χ3v) is 4.67. The summed E-state index contributed by atoms with van der Waals surface area (Å²) in [6.45, 7) is 4.36. The van der Waals surface area contributed by atoms with Gasteiger partial charge in [-0.15, -0.1) is 0 Å². The SMILES string of the molecule is CCCOCCCCOc1cnc(-c2ccc(CCC/C=C/CCC(=O)O)cc2)nc1. The molecule has 0 aliphatic heterocycles. The second-order valence-electron chi connectivity index (χ2n) is 7.40. The summed E-state index contributed by atoms with van der Waals surface area (Å²) in [4.78, 5) is 19.3. The van der Waals surface area contributed by atoms with Crippen LogP contribution in [-0.2, 0) is 16.0 Å². The van der Waals surface area contributed by atoms with Gasteiger partial charge in [-0.1, -0.05) is 43.3 Å². The molecule has 0 aliphatic rings. The van der Waals surface area contributed by atoms with Gasteiger partial charge in [-0.05, 0) is 50.5 Å². The van der Waals surface area contributed by atoms with Crippen molar-refractivity contribution in [1.82, 2.24) is 9.97 Å². The number of rotatable bonds is 16. The summed E-state index contributed by atoms with van der Waals surface area (Å²) in [6, 6.07) is 8.31. The van der Waals surface area contributed by atoms with Gasteiger partial charge in [0.1, 0.15) is 0 Å². The van der Waals surface area contributed by atoms with Crippen molar-refractivity contribution in [2.45, 2.75) is 58.3 Å². The Morgan fingerprint density at radius 2 is 1.68 bits per heavy atom. The van der Waals surface area contributed by atoms with Gasteiger partial charge in [0.2, 0.25) is 0 Å². The minimum atomic E-state index is -0.750. The topological polar surface area (TPSA) is 81.5 Å². The van der Waals surface area contributed by atoms with Crippen molar-refractivity contribution in [3.05, 3.63) is 54.4 Å². The summed E-state index contributed by atoms with van der Waals surface area (Å²) in [6.07, 6.45) is 14.2. The van der Waals surface area contributed by atoms with Crippen molar-refractivity contribution in [2.24, 2.45) is 0 Å². The van der Waals surface area contributed by atoms with Crippen LogP contribution in [0, 0.1) is 0 Å². The van der Waals surface area contributed by atoms with E-state index in [-0.39, 0.29) is 6.42 Å². The number of carboxylic acids is 1. The van der Waals surface area contributed by atoms with Gasteiger partial charge in [0.15, 0.2) is 11.6 Å². The highest BCUT2D eigenvalue weighted by Gasteiger charge is 2.03. The van der Waals surface area contributed by atoms with E-state index < -0.39 is 5.97 Å². The fourth-order valence-electron chi connectivity index (χ4n) is 2.97. The lowest BCUT2D eigenvalue weighted by Gasteiger charge is -2.07. The van der Waals surface area contributed by atoms with Gasteiger partial charge in [0.05, 0.1) is 19.0 Å². The summed E-state index contributed by atoms with van der Waals surface area (Å²) < 4.78 is 11.2. The molecule has 0 radical (unpaired) electrons. The monoisotopic (exact) mass is 426 g/mol. The number of allylic oxidation sites excluding steroid dienone is 2. The Hall–Kier alpha value is -2.73. The summed E-state index contributed by atoms with van der Waals surface area (Å²) in [7, 11) is 0. The molecule has 6 heteroatoms. The van der Waals surface area contributed by atoms with E-state index >= 15 is 0 Å². The maximum atomic E-state index is 10.5. The maximum absolute atomic E-state index is 10.5.